The first-order valence-electron chi connectivity index (χ1n) is 7.74. The number of rotatable bonds is 6. The lowest BCUT2D eigenvalue weighted by atomic mass is 10.2. The predicted octanol–water partition coefficient (Wildman–Crippen LogP) is 1.63. The Morgan fingerprint density at radius 1 is 1.20 bits per heavy atom. The summed E-state index contributed by atoms with van der Waals surface area (Å²) in [5, 5.41) is 0. The van der Waals surface area contributed by atoms with E-state index >= 15 is 0 Å². The van der Waals surface area contributed by atoms with Crippen LogP contribution in [0.1, 0.15) is 5.56 Å². The van der Waals surface area contributed by atoms with Gasteiger partial charge in [0.1, 0.15) is 5.75 Å². The van der Waals surface area contributed by atoms with E-state index in [9.17, 15) is 13.2 Å². The van der Waals surface area contributed by atoms with Crippen LogP contribution >= 0.6 is 0 Å². The smallest absolute Gasteiger partial charge is 0.326 e. The van der Waals surface area contributed by atoms with Crippen molar-refractivity contribution in [3.05, 3.63) is 58.5 Å². The first-order valence-corrected chi connectivity index (χ1v) is 9.22. The van der Waals surface area contributed by atoms with E-state index in [4.69, 9.17) is 4.74 Å². The van der Waals surface area contributed by atoms with Crippen LogP contribution in [0.3, 0.4) is 0 Å². The molecule has 0 fully saturated rings. The Kier molecular flexibility index (Phi) is 4.65. The third kappa shape index (κ3) is 3.45. The summed E-state index contributed by atoms with van der Waals surface area (Å²) < 4.78 is 34.0. The highest BCUT2D eigenvalue weighted by Crippen LogP contribution is 2.21. The summed E-state index contributed by atoms with van der Waals surface area (Å²) in [7, 11) is -2.12. The van der Waals surface area contributed by atoms with Gasteiger partial charge in [0.05, 0.1) is 23.0 Å². The van der Waals surface area contributed by atoms with Gasteiger partial charge in [0.15, 0.2) is 0 Å². The quantitative estimate of drug-likeness (QED) is 0.698. The van der Waals surface area contributed by atoms with Crippen molar-refractivity contribution in [3.8, 4) is 5.75 Å². The van der Waals surface area contributed by atoms with Gasteiger partial charge in [0, 0.05) is 13.1 Å². The summed E-state index contributed by atoms with van der Waals surface area (Å²) in [4.78, 5) is 14.9. The molecule has 2 N–H and O–H groups in total. The maximum Gasteiger partial charge on any atom is 0.326 e. The van der Waals surface area contributed by atoms with Gasteiger partial charge in [-0.3, -0.25) is 4.57 Å². The number of ether oxygens (including phenoxy) is 1. The average Bonchev–Trinajstić information content (AvgIpc) is 2.90. The normalized spacial score (nSPS) is 11.8. The predicted molar refractivity (Wildman–Crippen MR) is 95.5 cm³/mol. The molecule has 2 aromatic carbocycles. The monoisotopic (exact) mass is 361 g/mol. The average molecular weight is 361 g/mol. The molecule has 0 unspecified atom stereocenters. The molecule has 1 aromatic heterocycles. The maximum absolute atomic E-state index is 12.4. The molecule has 132 valence electrons. The van der Waals surface area contributed by atoms with Crippen molar-refractivity contribution in [2.24, 2.45) is 0 Å². The van der Waals surface area contributed by atoms with Crippen LogP contribution in [0.25, 0.3) is 11.0 Å². The second-order valence-corrected chi connectivity index (χ2v) is 7.40. The van der Waals surface area contributed by atoms with Crippen molar-refractivity contribution < 1.29 is 13.2 Å². The topological polar surface area (TPSA) is 93.2 Å². The Bertz CT molecular complexity index is 1070. The summed E-state index contributed by atoms with van der Waals surface area (Å²) in [6, 6.07) is 11.9. The summed E-state index contributed by atoms with van der Waals surface area (Å²) >= 11 is 0. The minimum atomic E-state index is -3.66. The number of nitrogens with one attached hydrogen (secondary N) is 2. The highest BCUT2D eigenvalue weighted by atomic mass is 32.2. The SMILES string of the molecule is COc1ccc(S(=O)(=O)NCCn2c(=O)[nH]c3ccccc32)cc1C. The molecule has 0 saturated heterocycles. The van der Waals surface area contributed by atoms with E-state index in [1.54, 1.807) is 25.1 Å². The number of aromatic nitrogens is 2. The van der Waals surface area contributed by atoms with E-state index in [2.05, 4.69) is 9.71 Å². The first kappa shape index (κ1) is 17.2. The van der Waals surface area contributed by atoms with Gasteiger partial charge in [0.2, 0.25) is 10.0 Å². The van der Waals surface area contributed by atoms with Crippen LogP contribution in [0.4, 0.5) is 0 Å². The van der Waals surface area contributed by atoms with Gasteiger partial charge < -0.3 is 9.72 Å². The van der Waals surface area contributed by atoms with Crippen molar-refractivity contribution >= 4 is 21.1 Å². The van der Waals surface area contributed by atoms with Crippen LogP contribution < -0.4 is 15.1 Å². The zero-order chi connectivity index (χ0) is 18.0. The number of hydrogen-bond acceptors (Lipinski definition) is 4. The third-order valence-electron chi connectivity index (χ3n) is 3.99. The second kappa shape index (κ2) is 6.73. The van der Waals surface area contributed by atoms with Crippen LogP contribution in [0.2, 0.25) is 0 Å². The molecule has 3 aromatic rings. The molecule has 8 heteroatoms. The van der Waals surface area contributed by atoms with Crippen LogP contribution in [0.5, 0.6) is 5.75 Å². The van der Waals surface area contributed by atoms with Crippen LogP contribution in [0, 0.1) is 6.92 Å². The van der Waals surface area contributed by atoms with Gasteiger partial charge in [-0.1, -0.05) is 12.1 Å². The molecule has 25 heavy (non-hydrogen) atoms. The number of fused-ring (bicyclic) bond motifs is 1. The number of nitrogens with zero attached hydrogens (tertiary/aromatic N) is 1. The van der Waals surface area contributed by atoms with Gasteiger partial charge in [-0.2, -0.15) is 0 Å². The Morgan fingerprint density at radius 2 is 1.96 bits per heavy atom. The number of H-pyrrole nitrogens is 1. The number of methoxy groups -OCH3 is 1. The lowest BCUT2D eigenvalue weighted by Crippen LogP contribution is -2.30. The molecule has 0 radical (unpaired) electrons. The molecular weight excluding hydrogens is 342 g/mol. The Hall–Kier alpha value is -2.58. The molecule has 0 aliphatic heterocycles. The fraction of sp³-hybridized carbons (Fsp3) is 0.235. The highest BCUT2D eigenvalue weighted by molar-refractivity contribution is 7.89. The van der Waals surface area contributed by atoms with E-state index in [0.717, 1.165) is 16.6 Å². The van der Waals surface area contributed by atoms with Crippen molar-refractivity contribution in [1.82, 2.24) is 14.3 Å². The number of imidazole rings is 1. The maximum atomic E-state index is 12.4. The summed E-state index contributed by atoms with van der Waals surface area (Å²) in [5.74, 6) is 0.629. The van der Waals surface area contributed by atoms with Crippen LogP contribution in [-0.4, -0.2) is 31.6 Å². The number of para-hydroxylation sites is 2. The summed E-state index contributed by atoms with van der Waals surface area (Å²) in [6.07, 6.45) is 0. The molecule has 0 aliphatic carbocycles. The molecular formula is C17H19N3O4S. The zero-order valence-electron chi connectivity index (χ0n) is 13.9. The fourth-order valence-corrected chi connectivity index (χ4v) is 3.83. The van der Waals surface area contributed by atoms with Gasteiger partial charge in [-0.05, 0) is 42.8 Å². The Labute approximate surface area is 145 Å². The number of sulfonamides is 1. The van der Waals surface area contributed by atoms with Gasteiger partial charge in [-0.15, -0.1) is 0 Å². The molecule has 0 bridgehead atoms. The van der Waals surface area contributed by atoms with Crippen molar-refractivity contribution in [3.63, 3.8) is 0 Å². The van der Waals surface area contributed by atoms with Gasteiger partial charge in [0.25, 0.3) is 0 Å². The lowest BCUT2D eigenvalue weighted by Gasteiger charge is -2.10. The van der Waals surface area contributed by atoms with Crippen molar-refractivity contribution in [1.29, 1.82) is 0 Å². The Balaban J connectivity index is 1.75. The van der Waals surface area contributed by atoms with Crippen molar-refractivity contribution in [2.45, 2.75) is 18.4 Å². The second-order valence-electron chi connectivity index (χ2n) is 5.63. The molecule has 7 nitrogen and oxygen atoms in total. The van der Waals surface area contributed by atoms with E-state index in [0.29, 0.717) is 5.75 Å². The summed E-state index contributed by atoms with van der Waals surface area (Å²) in [5.41, 5.74) is 1.94. The number of aromatic amines is 1. The lowest BCUT2D eigenvalue weighted by molar-refractivity contribution is 0.411. The fourth-order valence-electron chi connectivity index (χ4n) is 2.72. The number of hydrogen-bond donors (Lipinski definition) is 2. The van der Waals surface area contributed by atoms with Gasteiger partial charge >= 0.3 is 5.69 Å². The standard InChI is InChI=1S/C17H19N3O4S/c1-12-11-13(7-8-16(12)24-2)25(22,23)18-9-10-20-15-6-4-3-5-14(15)19-17(20)21/h3-8,11,18H,9-10H2,1-2H3,(H,19,21). The molecule has 0 spiro atoms. The third-order valence-corrected chi connectivity index (χ3v) is 5.44. The van der Waals surface area contributed by atoms with E-state index < -0.39 is 10.0 Å². The highest BCUT2D eigenvalue weighted by Gasteiger charge is 2.15. The van der Waals surface area contributed by atoms with Crippen LogP contribution in [-0.2, 0) is 16.6 Å². The van der Waals surface area contributed by atoms with Crippen molar-refractivity contribution in [2.75, 3.05) is 13.7 Å². The largest absolute Gasteiger partial charge is 0.496 e. The number of aryl methyl sites for hydroxylation is 1. The zero-order valence-corrected chi connectivity index (χ0v) is 14.8. The first-order chi connectivity index (χ1) is 11.9. The molecule has 3 rings (SSSR count). The van der Waals surface area contributed by atoms with E-state index in [1.165, 1.54) is 17.7 Å². The molecule has 0 atom stereocenters. The molecule has 0 amide bonds. The van der Waals surface area contributed by atoms with Crippen LogP contribution in [0.15, 0.2) is 52.2 Å². The summed E-state index contributed by atoms with van der Waals surface area (Å²) in [6.45, 7) is 2.12. The minimum absolute atomic E-state index is 0.106. The molecule has 0 saturated carbocycles. The minimum Gasteiger partial charge on any atom is -0.496 e. The van der Waals surface area contributed by atoms with E-state index in [1.807, 2.05) is 18.2 Å². The van der Waals surface area contributed by atoms with Gasteiger partial charge in [-0.25, -0.2) is 17.9 Å². The number of benzene rings is 2. The molecule has 1 heterocycles. The molecule has 0 aliphatic rings. The van der Waals surface area contributed by atoms with E-state index in [-0.39, 0.29) is 23.7 Å². The Morgan fingerprint density at radius 3 is 2.68 bits per heavy atom.